The molecule has 0 aliphatic rings. The van der Waals surface area contributed by atoms with Crippen molar-refractivity contribution in [1.82, 2.24) is 4.90 Å². The van der Waals surface area contributed by atoms with Crippen molar-refractivity contribution in [2.24, 2.45) is 0 Å². The van der Waals surface area contributed by atoms with Gasteiger partial charge in [-0.2, -0.15) is 0 Å². The molecule has 18 heavy (non-hydrogen) atoms. The second kappa shape index (κ2) is 6.76. The molecule has 0 amide bonds. The second-order valence-electron chi connectivity index (χ2n) is 3.82. The first-order valence-corrected chi connectivity index (χ1v) is 5.44. The van der Waals surface area contributed by atoms with Crippen LogP contribution in [0.1, 0.15) is 5.56 Å². The van der Waals surface area contributed by atoms with Gasteiger partial charge in [-0.25, -0.2) is 4.39 Å². The van der Waals surface area contributed by atoms with Crippen LogP contribution in [0.2, 0.25) is 0 Å². The van der Waals surface area contributed by atoms with Gasteiger partial charge in [-0.1, -0.05) is 12.1 Å². The third-order valence-electron chi connectivity index (χ3n) is 2.37. The molecular weight excluding hydrogens is 237 g/mol. The first-order valence-electron chi connectivity index (χ1n) is 5.44. The van der Waals surface area contributed by atoms with Crippen LogP contribution in [0.5, 0.6) is 5.75 Å². The lowest BCUT2D eigenvalue weighted by Crippen LogP contribution is -2.29. The number of carbonyl (C=O) groups is 1. The molecule has 1 aromatic rings. The van der Waals surface area contributed by atoms with Gasteiger partial charge in [0.05, 0.1) is 13.7 Å². The molecule has 0 aliphatic carbocycles. The summed E-state index contributed by atoms with van der Waals surface area (Å²) < 4.78 is 18.3. The molecule has 0 spiro atoms. The molecule has 0 unspecified atom stereocenters. The summed E-state index contributed by atoms with van der Waals surface area (Å²) in [7, 11) is 1.40. The van der Waals surface area contributed by atoms with Crippen LogP contribution in [0.3, 0.4) is 0 Å². The lowest BCUT2D eigenvalue weighted by Gasteiger charge is -2.18. The number of hydrogen-bond donors (Lipinski definition) is 1. The third kappa shape index (κ3) is 4.18. The Morgan fingerprint density at radius 2 is 2.33 bits per heavy atom. The number of benzene rings is 1. The van der Waals surface area contributed by atoms with Gasteiger partial charge >= 0.3 is 5.97 Å². The summed E-state index contributed by atoms with van der Waals surface area (Å²) in [6.07, 6.45) is 1.61. The average Bonchev–Trinajstić information content (AvgIpc) is 2.28. The molecule has 0 atom stereocenters. The third-order valence-corrected chi connectivity index (χ3v) is 2.37. The highest BCUT2D eigenvalue weighted by molar-refractivity contribution is 5.69. The van der Waals surface area contributed by atoms with Crippen molar-refractivity contribution in [3.8, 4) is 5.75 Å². The number of carboxylic acids is 1. The van der Waals surface area contributed by atoms with Gasteiger partial charge in [-0.3, -0.25) is 9.69 Å². The van der Waals surface area contributed by atoms with Crippen molar-refractivity contribution in [2.45, 2.75) is 6.54 Å². The Morgan fingerprint density at radius 3 is 2.83 bits per heavy atom. The molecule has 0 fully saturated rings. The van der Waals surface area contributed by atoms with E-state index in [1.807, 2.05) is 0 Å². The molecule has 0 aromatic heterocycles. The van der Waals surface area contributed by atoms with E-state index >= 15 is 0 Å². The van der Waals surface area contributed by atoms with E-state index in [1.54, 1.807) is 17.0 Å². The molecule has 98 valence electrons. The van der Waals surface area contributed by atoms with Crippen LogP contribution in [-0.4, -0.2) is 36.2 Å². The summed E-state index contributed by atoms with van der Waals surface area (Å²) in [5.41, 5.74) is 0.691. The number of methoxy groups -OCH3 is 1. The van der Waals surface area contributed by atoms with Crippen LogP contribution in [0, 0.1) is 5.82 Å². The Kier molecular flexibility index (Phi) is 5.32. The molecule has 4 nitrogen and oxygen atoms in total. The van der Waals surface area contributed by atoms with Gasteiger partial charge in [0.2, 0.25) is 0 Å². The number of rotatable bonds is 7. The maximum absolute atomic E-state index is 13.5. The van der Waals surface area contributed by atoms with E-state index in [0.717, 1.165) is 0 Å². The van der Waals surface area contributed by atoms with Crippen LogP contribution in [0.4, 0.5) is 4.39 Å². The first kappa shape index (κ1) is 14.2. The lowest BCUT2D eigenvalue weighted by molar-refractivity contribution is -0.138. The number of hydrogen-bond acceptors (Lipinski definition) is 3. The number of nitrogens with zero attached hydrogens (tertiary/aromatic N) is 1. The first-order chi connectivity index (χ1) is 8.56. The van der Waals surface area contributed by atoms with Gasteiger partial charge in [0.25, 0.3) is 0 Å². The maximum Gasteiger partial charge on any atom is 0.317 e. The van der Waals surface area contributed by atoms with E-state index in [2.05, 4.69) is 6.58 Å². The topological polar surface area (TPSA) is 49.8 Å². The summed E-state index contributed by atoms with van der Waals surface area (Å²) in [5, 5.41) is 8.76. The van der Waals surface area contributed by atoms with Crippen molar-refractivity contribution in [2.75, 3.05) is 20.2 Å². The number of halogens is 1. The summed E-state index contributed by atoms with van der Waals surface area (Å²) in [4.78, 5) is 12.3. The Labute approximate surface area is 105 Å². The van der Waals surface area contributed by atoms with Gasteiger partial charge in [-0.05, 0) is 17.7 Å². The van der Waals surface area contributed by atoms with Crippen molar-refractivity contribution in [3.63, 3.8) is 0 Å². The molecule has 0 saturated carbocycles. The van der Waals surface area contributed by atoms with E-state index in [0.29, 0.717) is 18.7 Å². The molecule has 0 radical (unpaired) electrons. The summed E-state index contributed by atoms with van der Waals surface area (Å²) >= 11 is 0. The Balaban J connectivity index is 2.76. The number of carboxylic acid groups (broad SMARTS) is 1. The van der Waals surface area contributed by atoms with Crippen LogP contribution >= 0.6 is 0 Å². The molecule has 0 heterocycles. The number of ether oxygens (including phenoxy) is 1. The minimum Gasteiger partial charge on any atom is -0.494 e. The largest absolute Gasteiger partial charge is 0.494 e. The van der Waals surface area contributed by atoms with E-state index in [-0.39, 0.29) is 12.3 Å². The van der Waals surface area contributed by atoms with E-state index in [4.69, 9.17) is 9.84 Å². The summed E-state index contributed by atoms with van der Waals surface area (Å²) in [6, 6.07) is 4.58. The normalized spacial score (nSPS) is 10.4. The van der Waals surface area contributed by atoms with Crippen LogP contribution in [0.25, 0.3) is 0 Å². The van der Waals surface area contributed by atoms with Crippen LogP contribution < -0.4 is 4.74 Å². The highest BCUT2D eigenvalue weighted by Gasteiger charge is 2.10. The maximum atomic E-state index is 13.5. The second-order valence-corrected chi connectivity index (χ2v) is 3.82. The summed E-state index contributed by atoms with van der Waals surface area (Å²) in [6.45, 7) is 4.23. The minimum absolute atomic E-state index is 0.111. The van der Waals surface area contributed by atoms with Gasteiger partial charge in [0.15, 0.2) is 11.6 Å². The van der Waals surface area contributed by atoms with E-state index in [1.165, 1.54) is 19.2 Å². The lowest BCUT2D eigenvalue weighted by atomic mass is 10.2. The molecule has 0 saturated heterocycles. The van der Waals surface area contributed by atoms with Crippen molar-refractivity contribution in [1.29, 1.82) is 0 Å². The van der Waals surface area contributed by atoms with Crippen molar-refractivity contribution >= 4 is 5.97 Å². The van der Waals surface area contributed by atoms with Crippen molar-refractivity contribution in [3.05, 3.63) is 42.2 Å². The summed E-state index contributed by atoms with van der Waals surface area (Å²) in [5.74, 6) is -1.21. The molecule has 1 rings (SSSR count). The molecule has 1 N–H and O–H groups in total. The van der Waals surface area contributed by atoms with Crippen molar-refractivity contribution < 1.29 is 19.0 Å². The predicted molar refractivity (Wildman–Crippen MR) is 66.1 cm³/mol. The zero-order valence-corrected chi connectivity index (χ0v) is 10.2. The molecule has 0 aliphatic heterocycles. The number of aliphatic carboxylic acids is 1. The van der Waals surface area contributed by atoms with Gasteiger partial charge in [0.1, 0.15) is 0 Å². The fourth-order valence-electron chi connectivity index (χ4n) is 1.63. The van der Waals surface area contributed by atoms with E-state index < -0.39 is 11.8 Å². The highest BCUT2D eigenvalue weighted by atomic mass is 19.1. The Bertz CT molecular complexity index is 434. The fourth-order valence-corrected chi connectivity index (χ4v) is 1.63. The quantitative estimate of drug-likeness (QED) is 0.754. The average molecular weight is 253 g/mol. The SMILES string of the molecule is C=CCN(CC(=O)O)Cc1ccc(OC)c(F)c1. The molecule has 5 heteroatoms. The van der Waals surface area contributed by atoms with Gasteiger partial charge in [0, 0.05) is 13.1 Å². The molecular formula is C13H16FNO3. The van der Waals surface area contributed by atoms with E-state index in [9.17, 15) is 9.18 Å². The van der Waals surface area contributed by atoms with Gasteiger partial charge in [-0.15, -0.1) is 6.58 Å². The fraction of sp³-hybridized carbons (Fsp3) is 0.308. The van der Waals surface area contributed by atoms with Gasteiger partial charge < -0.3 is 9.84 Å². The minimum atomic E-state index is -0.925. The molecule has 1 aromatic carbocycles. The zero-order chi connectivity index (χ0) is 13.5. The monoisotopic (exact) mass is 253 g/mol. The zero-order valence-electron chi connectivity index (χ0n) is 10.2. The Hall–Kier alpha value is -1.88. The molecule has 0 bridgehead atoms. The highest BCUT2D eigenvalue weighted by Crippen LogP contribution is 2.18. The smallest absolute Gasteiger partial charge is 0.317 e. The Morgan fingerprint density at radius 1 is 1.61 bits per heavy atom. The van der Waals surface area contributed by atoms with Crippen LogP contribution in [-0.2, 0) is 11.3 Å². The predicted octanol–water partition coefficient (Wildman–Crippen LogP) is 1.91. The van der Waals surface area contributed by atoms with Crippen LogP contribution in [0.15, 0.2) is 30.9 Å². The standard InChI is InChI=1S/C13H16FNO3/c1-3-6-15(9-13(16)17)8-10-4-5-12(18-2)11(14)7-10/h3-5,7H,1,6,8-9H2,2H3,(H,16,17).